The molecule has 78 valence electrons. The Balaban J connectivity index is 2.54. The highest BCUT2D eigenvalue weighted by Gasteiger charge is 2.14. The number of anilines is 1. The Kier molecular flexibility index (Phi) is 3.47. The highest BCUT2D eigenvalue weighted by Crippen LogP contribution is 2.13. The highest BCUT2D eigenvalue weighted by molar-refractivity contribution is 5.35. The van der Waals surface area contributed by atoms with Gasteiger partial charge < -0.3 is 11.1 Å². The molecule has 1 rings (SSSR count). The molecule has 0 aliphatic carbocycles. The maximum absolute atomic E-state index is 5.64. The number of hydrogen-bond donors (Lipinski definition) is 2. The number of aryl methyl sites for hydroxylation is 1. The van der Waals surface area contributed by atoms with Crippen molar-refractivity contribution in [3.63, 3.8) is 0 Å². The van der Waals surface area contributed by atoms with Crippen LogP contribution in [0.4, 0.5) is 5.82 Å². The van der Waals surface area contributed by atoms with E-state index in [-0.39, 0.29) is 5.41 Å². The summed E-state index contributed by atoms with van der Waals surface area (Å²) in [7, 11) is 0. The van der Waals surface area contributed by atoms with E-state index in [9.17, 15) is 0 Å². The van der Waals surface area contributed by atoms with Crippen LogP contribution in [0.3, 0.4) is 0 Å². The smallest absolute Gasteiger partial charge is 0.126 e. The zero-order valence-electron chi connectivity index (χ0n) is 9.17. The number of pyridine rings is 1. The first-order chi connectivity index (χ1) is 6.53. The topological polar surface area (TPSA) is 50.9 Å². The lowest BCUT2D eigenvalue weighted by Gasteiger charge is -2.22. The van der Waals surface area contributed by atoms with Crippen LogP contribution in [0, 0.1) is 12.3 Å². The third kappa shape index (κ3) is 3.34. The summed E-state index contributed by atoms with van der Waals surface area (Å²) in [4.78, 5) is 4.36. The Morgan fingerprint density at radius 1 is 1.43 bits per heavy atom. The molecule has 0 aliphatic heterocycles. The molecule has 0 amide bonds. The standard InChI is InChI=1S/C11H19N3/c1-9-5-4-6-10(14-9)13-8-11(2,3)7-12/h4-6H,7-8,12H2,1-3H3,(H,13,14). The van der Waals surface area contributed by atoms with Gasteiger partial charge in [-0.15, -0.1) is 0 Å². The van der Waals surface area contributed by atoms with E-state index in [1.807, 2.05) is 25.1 Å². The van der Waals surface area contributed by atoms with Crippen LogP contribution < -0.4 is 11.1 Å². The van der Waals surface area contributed by atoms with E-state index in [0.29, 0.717) is 6.54 Å². The fourth-order valence-corrected chi connectivity index (χ4v) is 1.04. The molecule has 0 aromatic carbocycles. The van der Waals surface area contributed by atoms with Crippen molar-refractivity contribution in [2.75, 3.05) is 18.4 Å². The predicted molar refractivity (Wildman–Crippen MR) is 60.3 cm³/mol. The number of hydrogen-bond acceptors (Lipinski definition) is 3. The van der Waals surface area contributed by atoms with Crippen LogP contribution in [0.2, 0.25) is 0 Å². The van der Waals surface area contributed by atoms with Crippen molar-refractivity contribution in [3.05, 3.63) is 23.9 Å². The van der Waals surface area contributed by atoms with Gasteiger partial charge in [-0.1, -0.05) is 19.9 Å². The lowest BCUT2D eigenvalue weighted by molar-refractivity contribution is 0.405. The number of rotatable bonds is 4. The van der Waals surface area contributed by atoms with Crippen LogP contribution >= 0.6 is 0 Å². The Hall–Kier alpha value is -1.09. The minimum atomic E-state index is 0.116. The Morgan fingerprint density at radius 2 is 2.14 bits per heavy atom. The molecule has 0 saturated heterocycles. The van der Waals surface area contributed by atoms with Crippen molar-refractivity contribution in [3.8, 4) is 0 Å². The summed E-state index contributed by atoms with van der Waals surface area (Å²) in [5, 5.41) is 3.29. The third-order valence-electron chi connectivity index (χ3n) is 2.19. The van der Waals surface area contributed by atoms with Gasteiger partial charge in [-0.2, -0.15) is 0 Å². The molecule has 0 radical (unpaired) electrons. The Morgan fingerprint density at radius 3 is 2.71 bits per heavy atom. The van der Waals surface area contributed by atoms with Gasteiger partial charge in [0.25, 0.3) is 0 Å². The van der Waals surface area contributed by atoms with Crippen LogP contribution in [-0.2, 0) is 0 Å². The summed E-state index contributed by atoms with van der Waals surface area (Å²) in [6.07, 6.45) is 0. The Bertz CT molecular complexity index is 294. The number of nitrogens with one attached hydrogen (secondary N) is 1. The second-order valence-electron chi connectivity index (χ2n) is 4.39. The monoisotopic (exact) mass is 193 g/mol. The third-order valence-corrected chi connectivity index (χ3v) is 2.19. The van der Waals surface area contributed by atoms with Crippen LogP contribution in [0.15, 0.2) is 18.2 Å². The summed E-state index contributed by atoms with van der Waals surface area (Å²) < 4.78 is 0. The summed E-state index contributed by atoms with van der Waals surface area (Å²) in [5.74, 6) is 0.923. The van der Waals surface area contributed by atoms with Crippen LogP contribution in [0.1, 0.15) is 19.5 Å². The minimum Gasteiger partial charge on any atom is -0.369 e. The highest BCUT2D eigenvalue weighted by atomic mass is 15.0. The van der Waals surface area contributed by atoms with Crippen molar-refractivity contribution in [2.24, 2.45) is 11.1 Å². The molecule has 1 aromatic rings. The average Bonchev–Trinajstić information content (AvgIpc) is 2.15. The Labute approximate surface area is 85.7 Å². The van der Waals surface area contributed by atoms with E-state index in [1.165, 1.54) is 0 Å². The molecular formula is C11H19N3. The van der Waals surface area contributed by atoms with Gasteiger partial charge in [0.15, 0.2) is 0 Å². The summed E-state index contributed by atoms with van der Waals surface area (Å²) in [5.41, 5.74) is 6.78. The molecule has 0 spiro atoms. The van der Waals surface area contributed by atoms with Crippen molar-refractivity contribution in [1.29, 1.82) is 0 Å². The average molecular weight is 193 g/mol. The molecule has 0 fully saturated rings. The number of aromatic nitrogens is 1. The van der Waals surface area contributed by atoms with Gasteiger partial charge in [0.05, 0.1) is 0 Å². The van der Waals surface area contributed by atoms with Gasteiger partial charge in [0.1, 0.15) is 5.82 Å². The van der Waals surface area contributed by atoms with Gasteiger partial charge in [-0.3, -0.25) is 0 Å². The fraction of sp³-hybridized carbons (Fsp3) is 0.545. The van der Waals surface area contributed by atoms with E-state index in [4.69, 9.17) is 5.73 Å². The molecule has 3 heteroatoms. The van der Waals surface area contributed by atoms with E-state index in [0.717, 1.165) is 18.1 Å². The molecule has 3 nitrogen and oxygen atoms in total. The number of nitrogens with zero attached hydrogens (tertiary/aromatic N) is 1. The van der Waals surface area contributed by atoms with Crippen molar-refractivity contribution >= 4 is 5.82 Å². The molecule has 0 aliphatic rings. The zero-order chi connectivity index (χ0) is 10.6. The molecule has 0 bridgehead atoms. The molecule has 3 N–H and O–H groups in total. The zero-order valence-corrected chi connectivity index (χ0v) is 9.17. The second-order valence-corrected chi connectivity index (χ2v) is 4.39. The first-order valence-corrected chi connectivity index (χ1v) is 4.91. The van der Waals surface area contributed by atoms with Crippen LogP contribution in [0.5, 0.6) is 0 Å². The van der Waals surface area contributed by atoms with Crippen LogP contribution in [-0.4, -0.2) is 18.1 Å². The molecular weight excluding hydrogens is 174 g/mol. The largest absolute Gasteiger partial charge is 0.369 e. The van der Waals surface area contributed by atoms with E-state index < -0.39 is 0 Å². The normalized spacial score (nSPS) is 11.4. The molecule has 0 saturated carbocycles. The SMILES string of the molecule is Cc1cccc(NCC(C)(C)CN)n1. The number of nitrogens with two attached hydrogens (primary N) is 1. The first kappa shape index (κ1) is 11.0. The fourth-order valence-electron chi connectivity index (χ4n) is 1.04. The van der Waals surface area contributed by atoms with Gasteiger partial charge in [-0.05, 0) is 31.0 Å². The van der Waals surface area contributed by atoms with E-state index in [1.54, 1.807) is 0 Å². The van der Waals surface area contributed by atoms with E-state index in [2.05, 4.69) is 24.1 Å². The van der Waals surface area contributed by atoms with Crippen molar-refractivity contribution < 1.29 is 0 Å². The summed E-state index contributed by atoms with van der Waals surface area (Å²) in [6.45, 7) is 7.77. The quantitative estimate of drug-likeness (QED) is 0.766. The maximum atomic E-state index is 5.64. The van der Waals surface area contributed by atoms with Gasteiger partial charge in [-0.25, -0.2) is 4.98 Å². The molecule has 0 unspecified atom stereocenters. The predicted octanol–water partition coefficient (Wildman–Crippen LogP) is 1.79. The molecule has 0 atom stereocenters. The first-order valence-electron chi connectivity index (χ1n) is 4.91. The second kappa shape index (κ2) is 4.42. The van der Waals surface area contributed by atoms with Crippen molar-refractivity contribution in [1.82, 2.24) is 4.98 Å². The minimum absolute atomic E-state index is 0.116. The van der Waals surface area contributed by atoms with Gasteiger partial charge in [0, 0.05) is 12.2 Å². The molecule has 1 heterocycles. The van der Waals surface area contributed by atoms with Gasteiger partial charge >= 0.3 is 0 Å². The maximum Gasteiger partial charge on any atom is 0.126 e. The lowest BCUT2D eigenvalue weighted by Crippen LogP contribution is -2.31. The van der Waals surface area contributed by atoms with Crippen LogP contribution in [0.25, 0.3) is 0 Å². The molecule has 1 aromatic heterocycles. The summed E-state index contributed by atoms with van der Waals surface area (Å²) >= 11 is 0. The lowest BCUT2D eigenvalue weighted by atomic mass is 9.94. The molecule has 14 heavy (non-hydrogen) atoms. The van der Waals surface area contributed by atoms with E-state index >= 15 is 0 Å². The summed E-state index contributed by atoms with van der Waals surface area (Å²) in [6, 6.07) is 5.96. The van der Waals surface area contributed by atoms with Crippen molar-refractivity contribution in [2.45, 2.75) is 20.8 Å². The van der Waals surface area contributed by atoms with Gasteiger partial charge in [0.2, 0.25) is 0 Å².